The third kappa shape index (κ3) is 1.80. The maximum Gasteiger partial charge on any atom is 0.224 e. The predicted octanol–water partition coefficient (Wildman–Crippen LogP) is 3.66. The average Bonchev–Trinajstić information content (AvgIpc) is 2.17. The first kappa shape index (κ1) is 10.0. The van der Waals surface area contributed by atoms with Gasteiger partial charge in [0.2, 0.25) is 5.28 Å². The number of hydrogen-bond acceptors (Lipinski definition) is 3. The number of halogens is 2. The third-order valence-corrected chi connectivity index (χ3v) is 3.01. The van der Waals surface area contributed by atoms with Crippen LogP contribution in [0.1, 0.15) is 0 Å². The highest BCUT2D eigenvalue weighted by molar-refractivity contribution is 7.98. The van der Waals surface area contributed by atoms with Crippen LogP contribution in [0, 0.1) is 0 Å². The Balaban J connectivity index is 2.75. The number of aromatic nitrogens is 2. The number of benzene rings is 1. The molecule has 72 valence electrons. The smallest absolute Gasteiger partial charge is 0.218 e. The van der Waals surface area contributed by atoms with E-state index >= 15 is 0 Å². The van der Waals surface area contributed by atoms with E-state index in [0.717, 1.165) is 15.8 Å². The lowest BCUT2D eigenvalue weighted by molar-refractivity contribution is 1.22. The summed E-state index contributed by atoms with van der Waals surface area (Å²) < 4.78 is 0. The zero-order valence-corrected chi connectivity index (χ0v) is 9.62. The van der Waals surface area contributed by atoms with Crippen molar-refractivity contribution in [3.63, 3.8) is 0 Å². The van der Waals surface area contributed by atoms with Crippen molar-refractivity contribution in [2.24, 2.45) is 0 Å². The Morgan fingerprint density at radius 3 is 2.71 bits per heavy atom. The monoisotopic (exact) mass is 244 g/mol. The Bertz CT molecular complexity index is 487. The molecule has 0 fully saturated rings. The van der Waals surface area contributed by atoms with E-state index in [1.165, 1.54) is 0 Å². The van der Waals surface area contributed by atoms with Crippen molar-refractivity contribution in [2.75, 3.05) is 6.26 Å². The molecule has 0 unspecified atom stereocenters. The molecule has 2 nitrogen and oxygen atoms in total. The summed E-state index contributed by atoms with van der Waals surface area (Å²) in [5.74, 6) is 0. The van der Waals surface area contributed by atoms with Crippen LogP contribution < -0.4 is 0 Å². The zero-order valence-electron chi connectivity index (χ0n) is 7.29. The molecule has 2 aromatic rings. The lowest BCUT2D eigenvalue weighted by atomic mass is 10.2. The van der Waals surface area contributed by atoms with E-state index in [4.69, 9.17) is 23.2 Å². The lowest BCUT2D eigenvalue weighted by Gasteiger charge is -2.01. The summed E-state index contributed by atoms with van der Waals surface area (Å²) >= 11 is 13.3. The van der Waals surface area contributed by atoms with Crippen molar-refractivity contribution in [2.45, 2.75) is 4.90 Å². The molecule has 1 aromatic heterocycles. The summed E-state index contributed by atoms with van der Waals surface area (Å²) in [4.78, 5) is 9.09. The number of nitrogens with zero attached hydrogens (tertiary/aromatic N) is 2. The van der Waals surface area contributed by atoms with Crippen molar-refractivity contribution in [3.8, 4) is 0 Å². The molecule has 0 saturated heterocycles. The van der Waals surface area contributed by atoms with Crippen molar-refractivity contribution in [1.82, 2.24) is 9.97 Å². The van der Waals surface area contributed by atoms with Gasteiger partial charge in [-0.3, -0.25) is 0 Å². The van der Waals surface area contributed by atoms with E-state index in [2.05, 4.69) is 9.97 Å². The number of hydrogen-bond donors (Lipinski definition) is 0. The normalized spacial score (nSPS) is 10.8. The van der Waals surface area contributed by atoms with Crippen molar-refractivity contribution in [1.29, 1.82) is 0 Å². The molecule has 0 bridgehead atoms. The van der Waals surface area contributed by atoms with Crippen molar-refractivity contribution >= 4 is 45.9 Å². The SMILES string of the molecule is CSc1ccc2nc(Cl)nc(Cl)c2c1. The molecule has 14 heavy (non-hydrogen) atoms. The molecule has 1 heterocycles. The molecule has 0 saturated carbocycles. The number of thioether (sulfide) groups is 1. The molecule has 2 rings (SSSR count). The molecular formula is C9H6Cl2N2S. The van der Waals surface area contributed by atoms with Gasteiger partial charge in [-0.1, -0.05) is 11.6 Å². The van der Waals surface area contributed by atoms with Gasteiger partial charge in [0.25, 0.3) is 0 Å². The first-order valence-corrected chi connectivity index (χ1v) is 5.85. The molecule has 0 spiro atoms. The highest BCUT2D eigenvalue weighted by Gasteiger charge is 2.04. The predicted molar refractivity (Wildman–Crippen MR) is 61.3 cm³/mol. The standard InChI is InChI=1S/C9H6Cl2N2S/c1-14-5-2-3-7-6(4-5)8(10)13-9(11)12-7/h2-4H,1H3. The van der Waals surface area contributed by atoms with E-state index in [-0.39, 0.29) is 5.28 Å². The Labute approximate surface area is 95.6 Å². The lowest BCUT2D eigenvalue weighted by Crippen LogP contribution is -1.86. The van der Waals surface area contributed by atoms with Crippen molar-refractivity contribution < 1.29 is 0 Å². The van der Waals surface area contributed by atoms with Crippen LogP contribution in [0.25, 0.3) is 10.9 Å². The minimum Gasteiger partial charge on any atom is -0.218 e. The molecule has 0 aliphatic carbocycles. The Kier molecular flexibility index (Phi) is 2.81. The minimum absolute atomic E-state index is 0.180. The largest absolute Gasteiger partial charge is 0.224 e. The van der Waals surface area contributed by atoms with Gasteiger partial charge >= 0.3 is 0 Å². The second kappa shape index (κ2) is 3.93. The van der Waals surface area contributed by atoms with Gasteiger partial charge in [0.05, 0.1) is 5.52 Å². The van der Waals surface area contributed by atoms with E-state index in [0.29, 0.717) is 5.15 Å². The Morgan fingerprint density at radius 1 is 1.21 bits per heavy atom. The van der Waals surface area contributed by atoms with Crippen LogP contribution in [-0.2, 0) is 0 Å². The van der Waals surface area contributed by atoms with Crippen LogP contribution in [0.3, 0.4) is 0 Å². The van der Waals surface area contributed by atoms with E-state index < -0.39 is 0 Å². The summed E-state index contributed by atoms with van der Waals surface area (Å²) in [6.07, 6.45) is 2.01. The fourth-order valence-electron chi connectivity index (χ4n) is 1.17. The van der Waals surface area contributed by atoms with Gasteiger partial charge in [-0.25, -0.2) is 9.97 Å². The fourth-order valence-corrected chi connectivity index (χ4v) is 2.06. The second-order valence-corrected chi connectivity index (χ2v) is 4.24. The zero-order chi connectivity index (χ0) is 10.1. The van der Waals surface area contributed by atoms with Crippen LogP contribution in [-0.4, -0.2) is 16.2 Å². The van der Waals surface area contributed by atoms with E-state index in [1.807, 2.05) is 24.5 Å². The second-order valence-electron chi connectivity index (χ2n) is 2.67. The summed E-state index contributed by atoms with van der Waals surface area (Å²) in [7, 11) is 0. The molecule has 0 amide bonds. The van der Waals surface area contributed by atoms with Gasteiger partial charge in [-0.15, -0.1) is 11.8 Å². The van der Waals surface area contributed by atoms with Crippen LogP contribution >= 0.6 is 35.0 Å². The van der Waals surface area contributed by atoms with Gasteiger partial charge in [0.15, 0.2) is 0 Å². The van der Waals surface area contributed by atoms with Gasteiger partial charge in [0.1, 0.15) is 5.15 Å². The fraction of sp³-hybridized carbons (Fsp3) is 0.111. The summed E-state index contributed by atoms with van der Waals surface area (Å²) in [5, 5.41) is 1.42. The molecule has 0 radical (unpaired) electrons. The quantitative estimate of drug-likeness (QED) is 0.435. The molecule has 0 aliphatic heterocycles. The summed E-state index contributed by atoms with van der Waals surface area (Å²) in [5.41, 5.74) is 0.771. The maximum atomic E-state index is 5.95. The van der Waals surface area contributed by atoms with Crippen molar-refractivity contribution in [3.05, 3.63) is 28.6 Å². The first-order valence-electron chi connectivity index (χ1n) is 3.87. The first-order chi connectivity index (χ1) is 6.70. The summed E-state index contributed by atoms with van der Waals surface area (Å²) in [6, 6.07) is 5.83. The number of rotatable bonds is 1. The van der Waals surface area contributed by atoms with Crippen LogP contribution in [0.5, 0.6) is 0 Å². The van der Waals surface area contributed by atoms with Gasteiger partial charge in [0, 0.05) is 10.3 Å². The molecule has 0 N–H and O–H groups in total. The highest BCUT2D eigenvalue weighted by atomic mass is 35.5. The van der Waals surface area contributed by atoms with Crippen LogP contribution in [0.15, 0.2) is 23.1 Å². The molecule has 0 atom stereocenters. The number of fused-ring (bicyclic) bond motifs is 1. The average molecular weight is 245 g/mol. The van der Waals surface area contributed by atoms with E-state index in [9.17, 15) is 0 Å². The molecule has 1 aromatic carbocycles. The maximum absolute atomic E-state index is 5.95. The molecule has 5 heteroatoms. The summed E-state index contributed by atoms with van der Waals surface area (Å²) in [6.45, 7) is 0. The van der Waals surface area contributed by atoms with Crippen LogP contribution in [0.4, 0.5) is 0 Å². The minimum atomic E-state index is 0.180. The topological polar surface area (TPSA) is 25.8 Å². The molecule has 0 aliphatic rings. The Morgan fingerprint density at radius 2 is 2.00 bits per heavy atom. The van der Waals surface area contributed by atoms with Crippen LogP contribution in [0.2, 0.25) is 10.4 Å². The molecular weight excluding hydrogens is 239 g/mol. The van der Waals surface area contributed by atoms with Gasteiger partial charge in [-0.05, 0) is 36.1 Å². The van der Waals surface area contributed by atoms with E-state index in [1.54, 1.807) is 11.8 Å². The van der Waals surface area contributed by atoms with Gasteiger partial charge in [-0.2, -0.15) is 0 Å². The van der Waals surface area contributed by atoms with Gasteiger partial charge < -0.3 is 0 Å². The Hall–Kier alpha value is -0.510. The highest BCUT2D eigenvalue weighted by Crippen LogP contribution is 2.26. The third-order valence-electron chi connectivity index (χ3n) is 1.83.